The molecule has 0 aliphatic heterocycles. The van der Waals surface area contributed by atoms with Crippen LogP contribution in [0, 0.1) is 0 Å². The van der Waals surface area contributed by atoms with E-state index in [1.807, 2.05) is 0 Å². The third kappa shape index (κ3) is 7.09. The molecule has 0 heterocycles. The highest BCUT2D eigenvalue weighted by molar-refractivity contribution is 7.89. The number of carbonyl (C=O) groups excluding carboxylic acids is 1. The van der Waals surface area contributed by atoms with Gasteiger partial charge in [-0.15, -0.1) is 0 Å². The quantitative estimate of drug-likeness (QED) is 0.416. The zero-order chi connectivity index (χ0) is 15.1. The SMILES string of the molecule is CCCS(=O)(=O)NC(C)C(=O)N[C@@H](CCO)C(=O)O. The molecule has 0 saturated heterocycles. The maximum absolute atomic E-state index is 11.6. The van der Waals surface area contributed by atoms with Gasteiger partial charge < -0.3 is 15.5 Å². The number of nitrogens with one attached hydrogen (secondary N) is 2. The Hall–Kier alpha value is -1.19. The predicted octanol–water partition coefficient (Wildman–Crippen LogP) is -1.34. The molecule has 0 saturated carbocycles. The van der Waals surface area contributed by atoms with Crippen LogP contribution in [-0.4, -0.2) is 55.0 Å². The van der Waals surface area contributed by atoms with Crippen molar-refractivity contribution < 1.29 is 28.2 Å². The maximum Gasteiger partial charge on any atom is 0.326 e. The normalized spacial score (nSPS) is 14.7. The summed E-state index contributed by atoms with van der Waals surface area (Å²) in [4.78, 5) is 22.4. The highest BCUT2D eigenvalue weighted by Gasteiger charge is 2.24. The van der Waals surface area contributed by atoms with Crippen LogP contribution < -0.4 is 10.0 Å². The second-order valence-corrected chi connectivity index (χ2v) is 5.94. The van der Waals surface area contributed by atoms with E-state index in [0.717, 1.165) is 0 Å². The summed E-state index contributed by atoms with van der Waals surface area (Å²) in [5, 5.41) is 19.6. The highest BCUT2D eigenvalue weighted by Crippen LogP contribution is 1.96. The Labute approximate surface area is 112 Å². The molecule has 0 spiro atoms. The van der Waals surface area contributed by atoms with E-state index in [0.29, 0.717) is 6.42 Å². The molecule has 1 unspecified atom stereocenters. The number of carboxylic acids is 1. The number of hydrogen-bond donors (Lipinski definition) is 4. The first kappa shape index (κ1) is 17.8. The smallest absolute Gasteiger partial charge is 0.326 e. The highest BCUT2D eigenvalue weighted by atomic mass is 32.2. The van der Waals surface area contributed by atoms with Crippen LogP contribution in [0.1, 0.15) is 26.7 Å². The van der Waals surface area contributed by atoms with E-state index in [1.54, 1.807) is 6.92 Å². The molecule has 0 bridgehead atoms. The van der Waals surface area contributed by atoms with Crippen molar-refractivity contribution >= 4 is 21.9 Å². The fraction of sp³-hybridized carbons (Fsp3) is 0.800. The van der Waals surface area contributed by atoms with Crippen LogP contribution in [-0.2, 0) is 19.6 Å². The molecule has 0 aromatic carbocycles. The Kier molecular flexibility index (Phi) is 7.57. The van der Waals surface area contributed by atoms with Crippen LogP contribution in [0.15, 0.2) is 0 Å². The van der Waals surface area contributed by atoms with Crippen LogP contribution >= 0.6 is 0 Å². The Morgan fingerprint density at radius 2 is 1.89 bits per heavy atom. The molecule has 0 rings (SSSR count). The van der Waals surface area contributed by atoms with Crippen molar-refractivity contribution in [2.45, 2.75) is 38.8 Å². The molecule has 0 aliphatic carbocycles. The van der Waals surface area contributed by atoms with Gasteiger partial charge in [0.15, 0.2) is 0 Å². The number of carbonyl (C=O) groups is 2. The molecule has 0 radical (unpaired) electrons. The van der Waals surface area contributed by atoms with Crippen molar-refractivity contribution in [3.05, 3.63) is 0 Å². The number of aliphatic carboxylic acids is 1. The second-order valence-electron chi connectivity index (χ2n) is 4.07. The first-order valence-corrected chi connectivity index (χ1v) is 7.52. The van der Waals surface area contributed by atoms with E-state index in [2.05, 4.69) is 10.0 Å². The van der Waals surface area contributed by atoms with Crippen molar-refractivity contribution in [3.63, 3.8) is 0 Å². The van der Waals surface area contributed by atoms with Gasteiger partial charge in [0.05, 0.1) is 11.8 Å². The van der Waals surface area contributed by atoms with Crippen LogP contribution in [0.3, 0.4) is 0 Å². The molecule has 0 aromatic rings. The molecular formula is C10H20N2O6S. The standard InChI is InChI=1S/C10H20N2O6S/c1-3-6-19(17,18)12-7(2)9(14)11-8(4-5-13)10(15)16/h7-8,12-13H,3-6H2,1-2H3,(H,11,14)(H,15,16)/t7?,8-/m0/s1. The van der Waals surface area contributed by atoms with Crippen molar-refractivity contribution in [2.75, 3.05) is 12.4 Å². The minimum absolute atomic E-state index is 0.108. The number of aliphatic hydroxyl groups excluding tert-OH is 1. The predicted molar refractivity (Wildman–Crippen MR) is 67.9 cm³/mol. The fourth-order valence-corrected chi connectivity index (χ4v) is 2.63. The lowest BCUT2D eigenvalue weighted by molar-refractivity contribution is -0.142. The van der Waals surface area contributed by atoms with Gasteiger partial charge in [-0.3, -0.25) is 4.79 Å². The van der Waals surface area contributed by atoms with Gasteiger partial charge in [-0.25, -0.2) is 17.9 Å². The summed E-state index contributed by atoms with van der Waals surface area (Å²) in [6, 6.07) is -2.31. The number of aliphatic hydroxyl groups is 1. The van der Waals surface area contributed by atoms with Crippen LogP contribution in [0.2, 0.25) is 0 Å². The van der Waals surface area contributed by atoms with E-state index >= 15 is 0 Å². The number of sulfonamides is 1. The lowest BCUT2D eigenvalue weighted by Crippen LogP contribution is -2.50. The molecule has 0 aromatic heterocycles. The summed E-state index contributed by atoms with van der Waals surface area (Å²) in [5.74, 6) is -2.14. The molecule has 19 heavy (non-hydrogen) atoms. The molecule has 1 amide bonds. The number of rotatable bonds is 9. The van der Waals surface area contributed by atoms with Crippen LogP contribution in [0.4, 0.5) is 0 Å². The molecule has 112 valence electrons. The molecular weight excluding hydrogens is 276 g/mol. The number of hydrogen-bond acceptors (Lipinski definition) is 5. The van der Waals surface area contributed by atoms with Gasteiger partial charge in [-0.1, -0.05) is 6.92 Å². The topological polar surface area (TPSA) is 133 Å². The van der Waals surface area contributed by atoms with Crippen molar-refractivity contribution in [2.24, 2.45) is 0 Å². The van der Waals surface area contributed by atoms with Gasteiger partial charge in [0.2, 0.25) is 15.9 Å². The molecule has 8 nitrogen and oxygen atoms in total. The molecule has 9 heteroatoms. The Morgan fingerprint density at radius 1 is 1.32 bits per heavy atom. The van der Waals surface area contributed by atoms with Gasteiger partial charge in [-0.05, 0) is 13.3 Å². The van der Waals surface area contributed by atoms with Crippen molar-refractivity contribution in [1.29, 1.82) is 0 Å². The minimum atomic E-state index is -3.55. The van der Waals surface area contributed by atoms with Gasteiger partial charge in [0.1, 0.15) is 6.04 Å². The van der Waals surface area contributed by atoms with Crippen molar-refractivity contribution in [1.82, 2.24) is 10.0 Å². The van der Waals surface area contributed by atoms with E-state index in [1.165, 1.54) is 6.92 Å². The van der Waals surface area contributed by atoms with Crippen LogP contribution in [0.25, 0.3) is 0 Å². The van der Waals surface area contributed by atoms with E-state index in [-0.39, 0.29) is 12.2 Å². The van der Waals surface area contributed by atoms with Gasteiger partial charge in [0.25, 0.3) is 0 Å². The van der Waals surface area contributed by atoms with E-state index in [9.17, 15) is 18.0 Å². The number of carboxylic acid groups (broad SMARTS) is 1. The van der Waals surface area contributed by atoms with Gasteiger partial charge in [-0.2, -0.15) is 0 Å². The third-order valence-corrected chi connectivity index (χ3v) is 3.91. The largest absolute Gasteiger partial charge is 0.480 e. The molecule has 0 aliphatic rings. The summed E-state index contributed by atoms with van der Waals surface area (Å²) in [5.41, 5.74) is 0. The van der Waals surface area contributed by atoms with Gasteiger partial charge in [0, 0.05) is 13.0 Å². The summed E-state index contributed by atoms with van der Waals surface area (Å²) >= 11 is 0. The summed E-state index contributed by atoms with van der Waals surface area (Å²) in [6.07, 6.45) is 0.265. The first-order valence-electron chi connectivity index (χ1n) is 5.87. The zero-order valence-electron chi connectivity index (χ0n) is 10.9. The van der Waals surface area contributed by atoms with Gasteiger partial charge >= 0.3 is 5.97 Å². The fourth-order valence-electron chi connectivity index (χ4n) is 1.33. The summed E-state index contributed by atoms with van der Waals surface area (Å²) in [7, 11) is -3.55. The Morgan fingerprint density at radius 3 is 2.32 bits per heavy atom. The third-order valence-electron chi connectivity index (χ3n) is 2.25. The Bertz CT molecular complexity index is 408. The minimum Gasteiger partial charge on any atom is -0.480 e. The molecule has 2 atom stereocenters. The summed E-state index contributed by atoms with van der Waals surface area (Å²) in [6.45, 7) is 2.61. The van der Waals surface area contributed by atoms with Crippen molar-refractivity contribution in [3.8, 4) is 0 Å². The average molecular weight is 296 g/mol. The lowest BCUT2D eigenvalue weighted by atomic mass is 10.2. The average Bonchev–Trinajstić information content (AvgIpc) is 2.27. The van der Waals surface area contributed by atoms with E-state index in [4.69, 9.17) is 10.2 Å². The maximum atomic E-state index is 11.6. The molecule has 4 N–H and O–H groups in total. The monoisotopic (exact) mass is 296 g/mol. The van der Waals surface area contributed by atoms with E-state index < -0.39 is 40.6 Å². The molecule has 0 fully saturated rings. The lowest BCUT2D eigenvalue weighted by Gasteiger charge is -2.18. The van der Waals surface area contributed by atoms with Crippen LogP contribution in [0.5, 0.6) is 0 Å². The number of amides is 1. The summed E-state index contributed by atoms with van der Waals surface area (Å²) < 4.78 is 25.0. The first-order chi connectivity index (χ1) is 8.73. The second kappa shape index (κ2) is 8.08. The zero-order valence-corrected chi connectivity index (χ0v) is 11.7. The Balaban J connectivity index is 4.52.